The third-order valence-electron chi connectivity index (χ3n) is 5.05. The molecular weight excluding hydrogens is 394 g/mol. The molecule has 0 saturated carbocycles. The number of nitrogens with two attached hydrogens (primary N) is 1. The van der Waals surface area contributed by atoms with Crippen LogP contribution in [0.2, 0.25) is 0 Å². The van der Waals surface area contributed by atoms with Gasteiger partial charge in [-0.05, 0) is 37.6 Å². The van der Waals surface area contributed by atoms with E-state index in [0.29, 0.717) is 38.2 Å². The Balaban J connectivity index is 0.00000166. The lowest BCUT2D eigenvalue weighted by atomic mass is 9.96. The van der Waals surface area contributed by atoms with E-state index in [1.54, 1.807) is 28.7 Å². The summed E-state index contributed by atoms with van der Waals surface area (Å²) in [6, 6.07) is 12.9. The van der Waals surface area contributed by atoms with Crippen molar-refractivity contribution in [3.8, 4) is 0 Å². The van der Waals surface area contributed by atoms with Crippen molar-refractivity contribution in [3.05, 3.63) is 70.1 Å². The van der Waals surface area contributed by atoms with E-state index >= 15 is 0 Å². The molecule has 8 nitrogen and oxygen atoms in total. The Kier molecular flexibility index (Phi) is 9.14. The Bertz CT molecular complexity index is 952. The highest BCUT2D eigenvalue weighted by atomic mass is 16.2. The molecule has 1 saturated heterocycles. The summed E-state index contributed by atoms with van der Waals surface area (Å²) in [7, 11) is 1.50. The first-order valence-corrected chi connectivity index (χ1v) is 10.3. The maximum atomic E-state index is 12.3. The van der Waals surface area contributed by atoms with Crippen LogP contribution in [0.4, 0.5) is 0 Å². The van der Waals surface area contributed by atoms with Crippen molar-refractivity contribution in [1.82, 2.24) is 14.8 Å². The van der Waals surface area contributed by atoms with Gasteiger partial charge in [-0.1, -0.05) is 30.3 Å². The van der Waals surface area contributed by atoms with Crippen LogP contribution in [0.1, 0.15) is 30.9 Å². The zero-order valence-corrected chi connectivity index (χ0v) is 18.1. The number of pyridine rings is 1. The predicted octanol–water partition coefficient (Wildman–Crippen LogP) is 1.37. The Hall–Kier alpha value is -3.26. The molecule has 1 aromatic carbocycles. The first-order valence-electron chi connectivity index (χ1n) is 10.3. The van der Waals surface area contributed by atoms with Gasteiger partial charge in [-0.15, -0.1) is 0 Å². The molecule has 1 aliphatic heterocycles. The van der Waals surface area contributed by atoms with Crippen LogP contribution in [0, 0.1) is 11.3 Å². The van der Waals surface area contributed by atoms with Crippen molar-refractivity contribution in [2.24, 2.45) is 11.7 Å². The number of nitrogens with one attached hydrogen (secondary N) is 2. The van der Waals surface area contributed by atoms with Crippen LogP contribution in [0.5, 0.6) is 0 Å². The van der Waals surface area contributed by atoms with E-state index in [4.69, 9.17) is 5.41 Å². The molecule has 2 heterocycles. The largest absolute Gasteiger partial charge is 0.351 e. The monoisotopic (exact) mass is 425 g/mol. The lowest BCUT2D eigenvalue weighted by molar-refractivity contribution is -0.138. The van der Waals surface area contributed by atoms with E-state index in [1.165, 1.54) is 13.1 Å². The number of likely N-dealkylation sites (tertiary alicyclic amines) is 1. The molecule has 0 bridgehead atoms. The normalized spacial score (nSPS) is 15.6. The van der Waals surface area contributed by atoms with E-state index in [1.807, 2.05) is 30.3 Å². The minimum Gasteiger partial charge on any atom is -0.351 e. The highest BCUT2D eigenvalue weighted by Crippen LogP contribution is 2.20. The standard InChI is InChI=1S/C22H26N4O3.CH5N/c1-16(23)12-24-22(29)19-9-10-21(28)26(15-19)14-18-7-5-17(6-8-18)13-25-11-3-2-4-20(25)27;1-2/h2-8,11,19,23H,9-10,12-15H2,1H3,(H,24,29);2H2,1H3. The van der Waals surface area contributed by atoms with Gasteiger partial charge in [0.2, 0.25) is 11.8 Å². The van der Waals surface area contributed by atoms with Crippen LogP contribution in [0.15, 0.2) is 53.5 Å². The van der Waals surface area contributed by atoms with Gasteiger partial charge in [-0.2, -0.15) is 0 Å². The zero-order chi connectivity index (χ0) is 22.8. The molecule has 8 heteroatoms. The first kappa shape index (κ1) is 24.0. The average Bonchev–Trinajstić information content (AvgIpc) is 2.78. The summed E-state index contributed by atoms with van der Waals surface area (Å²) in [6.45, 7) is 3.24. The van der Waals surface area contributed by atoms with Crippen LogP contribution in [0.25, 0.3) is 0 Å². The van der Waals surface area contributed by atoms with Gasteiger partial charge in [0, 0.05) is 37.5 Å². The molecular formula is C23H31N5O3. The summed E-state index contributed by atoms with van der Waals surface area (Å²) >= 11 is 0. The minimum atomic E-state index is -0.240. The number of hydrogen-bond acceptors (Lipinski definition) is 5. The molecule has 1 aromatic heterocycles. The van der Waals surface area contributed by atoms with Crippen molar-refractivity contribution in [2.75, 3.05) is 20.1 Å². The predicted molar refractivity (Wildman–Crippen MR) is 121 cm³/mol. The smallest absolute Gasteiger partial charge is 0.250 e. The molecule has 1 aliphatic rings. The maximum Gasteiger partial charge on any atom is 0.250 e. The number of carbonyl (C=O) groups excluding carboxylic acids is 2. The number of aromatic nitrogens is 1. The molecule has 1 unspecified atom stereocenters. The number of carbonyl (C=O) groups is 2. The number of amides is 2. The van der Waals surface area contributed by atoms with E-state index in [0.717, 1.165) is 11.1 Å². The second-order valence-corrected chi connectivity index (χ2v) is 7.49. The van der Waals surface area contributed by atoms with Gasteiger partial charge in [-0.3, -0.25) is 14.4 Å². The first-order chi connectivity index (χ1) is 14.9. The molecule has 2 amide bonds. The minimum absolute atomic E-state index is 0.0435. The lowest BCUT2D eigenvalue weighted by Gasteiger charge is -2.32. The fourth-order valence-corrected chi connectivity index (χ4v) is 3.40. The van der Waals surface area contributed by atoms with Gasteiger partial charge in [0.1, 0.15) is 0 Å². The molecule has 0 aliphatic carbocycles. The van der Waals surface area contributed by atoms with Crippen LogP contribution >= 0.6 is 0 Å². The topological polar surface area (TPSA) is 121 Å². The average molecular weight is 426 g/mol. The van der Waals surface area contributed by atoms with Gasteiger partial charge < -0.3 is 25.9 Å². The van der Waals surface area contributed by atoms with Crippen LogP contribution in [-0.4, -0.2) is 47.1 Å². The van der Waals surface area contributed by atoms with E-state index < -0.39 is 0 Å². The summed E-state index contributed by atoms with van der Waals surface area (Å²) in [6.07, 6.45) is 2.66. The van der Waals surface area contributed by atoms with Crippen molar-refractivity contribution in [1.29, 1.82) is 5.41 Å². The van der Waals surface area contributed by atoms with Gasteiger partial charge in [0.15, 0.2) is 0 Å². The summed E-state index contributed by atoms with van der Waals surface area (Å²) in [4.78, 5) is 38.1. The van der Waals surface area contributed by atoms with Gasteiger partial charge >= 0.3 is 0 Å². The molecule has 2 aromatic rings. The summed E-state index contributed by atoms with van der Waals surface area (Å²) in [5.41, 5.74) is 6.85. The molecule has 1 atom stereocenters. The molecule has 3 rings (SSSR count). The second kappa shape index (κ2) is 11.8. The SMILES string of the molecule is CC(=N)CNC(=O)C1CCC(=O)N(Cc2ccc(Cn3ccccc3=O)cc2)C1.CN. The number of nitrogens with zero attached hydrogens (tertiary/aromatic N) is 2. The molecule has 0 spiro atoms. The number of piperidine rings is 1. The maximum absolute atomic E-state index is 12.3. The zero-order valence-electron chi connectivity index (χ0n) is 18.1. The van der Waals surface area contributed by atoms with Gasteiger partial charge in [0.25, 0.3) is 5.56 Å². The third kappa shape index (κ3) is 7.18. The van der Waals surface area contributed by atoms with Gasteiger partial charge in [0.05, 0.1) is 19.0 Å². The summed E-state index contributed by atoms with van der Waals surface area (Å²) in [5.74, 6) is -0.286. The number of benzene rings is 1. The van der Waals surface area contributed by atoms with Crippen LogP contribution < -0.4 is 16.6 Å². The highest BCUT2D eigenvalue weighted by molar-refractivity contribution is 5.88. The lowest BCUT2D eigenvalue weighted by Crippen LogP contribution is -2.46. The Morgan fingerprint density at radius 2 is 1.74 bits per heavy atom. The number of hydrogen-bond donors (Lipinski definition) is 3. The van der Waals surface area contributed by atoms with E-state index in [-0.39, 0.29) is 29.8 Å². The van der Waals surface area contributed by atoms with Crippen LogP contribution in [0.3, 0.4) is 0 Å². The van der Waals surface area contributed by atoms with Crippen LogP contribution in [-0.2, 0) is 22.7 Å². The van der Waals surface area contributed by atoms with Crippen molar-refractivity contribution in [2.45, 2.75) is 32.9 Å². The Labute approximate surface area is 182 Å². The Morgan fingerprint density at radius 3 is 2.35 bits per heavy atom. The van der Waals surface area contributed by atoms with Crippen molar-refractivity contribution >= 4 is 17.5 Å². The molecule has 1 fully saturated rings. The third-order valence-corrected chi connectivity index (χ3v) is 5.05. The Morgan fingerprint density at radius 1 is 1.10 bits per heavy atom. The fraction of sp³-hybridized carbons (Fsp3) is 0.391. The molecule has 31 heavy (non-hydrogen) atoms. The van der Waals surface area contributed by atoms with Crippen molar-refractivity contribution in [3.63, 3.8) is 0 Å². The molecule has 166 valence electrons. The molecule has 0 radical (unpaired) electrons. The second-order valence-electron chi connectivity index (χ2n) is 7.49. The van der Waals surface area contributed by atoms with E-state index in [2.05, 4.69) is 11.1 Å². The number of rotatable bonds is 7. The fourth-order valence-electron chi connectivity index (χ4n) is 3.40. The summed E-state index contributed by atoms with van der Waals surface area (Å²) < 4.78 is 1.64. The van der Waals surface area contributed by atoms with Crippen molar-refractivity contribution < 1.29 is 9.59 Å². The van der Waals surface area contributed by atoms with Gasteiger partial charge in [-0.25, -0.2) is 0 Å². The summed E-state index contributed by atoms with van der Waals surface area (Å²) in [5, 5.41) is 10.2. The van der Waals surface area contributed by atoms with E-state index in [9.17, 15) is 14.4 Å². The molecule has 4 N–H and O–H groups in total. The highest BCUT2D eigenvalue weighted by Gasteiger charge is 2.30. The quantitative estimate of drug-likeness (QED) is 0.580.